The molecule has 1 aliphatic heterocycles. The maximum absolute atomic E-state index is 11.4. The summed E-state index contributed by atoms with van der Waals surface area (Å²) in [5.41, 5.74) is 0. The Morgan fingerprint density at radius 1 is 1.46 bits per heavy atom. The number of carbonyl (C=O) groups excluding carboxylic acids is 1. The number of amides is 2. The third-order valence-electron chi connectivity index (χ3n) is 1.91. The molecule has 0 spiro atoms. The van der Waals surface area contributed by atoms with Crippen LogP contribution in [0.5, 0.6) is 0 Å². The molecule has 1 aliphatic rings. The summed E-state index contributed by atoms with van der Waals surface area (Å²) in [5, 5.41) is 11.2. The molecule has 0 aromatic heterocycles. The molecule has 13 heavy (non-hydrogen) atoms. The highest BCUT2D eigenvalue weighted by molar-refractivity contribution is 5.74. The summed E-state index contributed by atoms with van der Waals surface area (Å²) in [6.45, 7) is 3.20. The number of urea groups is 1. The second-order valence-electron chi connectivity index (χ2n) is 2.91. The molecule has 2 amide bonds. The van der Waals surface area contributed by atoms with Crippen LogP contribution in [0.15, 0.2) is 0 Å². The van der Waals surface area contributed by atoms with Crippen molar-refractivity contribution in [2.75, 3.05) is 39.5 Å². The Morgan fingerprint density at radius 2 is 2.15 bits per heavy atom. The molecule has 1 rings (SSSR count). The van der Waals surface area contributed by atoms with E-state index in [-0.39, 0.29) is 12.6 Å². The Bertz CT molecular complexity index is 157. The summed E-state index contributed by atoms with van der Waals surface area (Å²) in [5.74, 6) is 0. The number of nitrogens with zero attached hydrogens (tertiary/aromatic N) is 1. The Balaban J connectivity index is 2.13. The SMILES string of the molecule is O=C(NCCCO)N1CCOCC1. The van der Waals surface area contributed by atoms with Crippen LogP contribution < -0.4 is 5.32 Å². The van der Waals surface area contributed by atoms with Gasteiger partial charge in [-0.25, -0.2) is 4.79 Å². The van der Waals surface area contributed by atoms with E-state index in [1.807, 2.05) is 0 Å². The van der Waals surface area contributed by atoms with Crippen molar-refractivity contribution in [3.8, 4) is 0 Å². The van der Waals surface area contributed by atoms with Gasteiger partial charge in [-0.1, -0.05) is 0 Å². The molecular formula is C8H16N2O3. The summed E-state index contributed by atoms with van der Waals surface area (Å²) in [6.07, 6.45) is 0.607. The zero-order valence-electron chi connectivity index (χ0n) is 7.66. The average Bonchev–Trinajstić information content (AvgIpc) is 2.19. The number of aliphatic hydroxyl groups is 1. The van der Waals surface area contributed by atoms with E-state index in [0.717, 1.165) is 0 Å². The minimum Gasteiger partial charge on any atom is -0.396 e. The van der Waals surface area contributed by atoms with Crippen LogP contribution in [0.25, 0.3) is 0 Å². The smallest absolute Gasteiger partial charge is 0.317 e. The summed E-state index contributed by atoms with van der Waals surface area (Å²) in [4.78, 5) is 13.1. The van der Waals surface area contributed by atoms with Gasteiger partial charge in [0.2, 0.25) is 0 Å². The number of aliphatic hydroxyl groups excluding tert-OH is 1. The molecule has 76 valence electrons. The fraction of sp³-hybridized carbons (Fsp3) is 0.875. The molecule has 5 heteroatoms. The van der Waals surface area contributed by atoms with Crippen molar-refractivity contribution < 1.29 is 14.6 Å². The Morgan fingerprint density at radius 3 is 2.77 bits per heavy atom. The Hall–Kier alpha value is -0.810. The topological polar surface area (TPSA) is 61.8 Å². The van der Waals surface area contributed by atoms with Gasteiger partial charge in [0.15, 0.2) is 0 Å². The van der Waals surface area contributed by atoms with Crippen LogP contribution in [-0.2, 0) is 4.74 Å². The lowest BCUT2D eigenvalue weighted by Crippen LogP contribution is -2.46. The van der Waals surface area contributed by atoms with Crippen molar-refractivity contribution in [3.05, 3.63) is 0 Å². The number of hydrogen-bond acceptors (Lipinski definition) is 3. The quantitative estimate of drug-likeness (QED) is 0.582. The molecule has 2 N–H and O–H groups in total. The molecule has 0 bridgehead atoms. The van der Waals surface area contributed by atoms with E-state index < -0.39 is 0 Å². The lowest BCUT2D eigenvalue weighted by atomic mass is 10.4. The van der Waals surface area contributed by atoms with Crippen molar-refractivity contribution in [1.82, 2.24) is 10.2 Å². The highest BCUT2D eigenvalue weighted by Gasteiger charge is 2.15. The third kappa shape index (κ3) is 3.61. The van der Waals surface area contributed by atoms with Gasteiger partial charge in [-0.15, -0.1) is 0 Å². The first kappa shape index (κ1) is 10.3. The molecule has 0 saturated carbocycles. The molecule has 0 aromatic carbocycles. The van der Waals surface area contributed by atoms with Crippen LogP contribution in [0.4, 0.5) is 4.79 Å². The largest absolute Gasteiger partial charge is 0.396 e. The minimum atomic E-state index is -0.0586. The summed E-state index contributed by atoms with van der Waals surface area (Å²) < 4.78 is 5.11. The maximum atomic E-state index is 11.4. The fourth-order valence-corrected chi connectivity index (χ4v) is 1.15. The van der Waals surface area contributed by atoms with Gasteiger partial charge in [-0.2, -0.15) is 0 Å². The van der Waals surface area contributed by atoms with Crippen LogP contribution in [0.2, 0.25) is 0 Å². The number of carbonyl (C=O) groups is 1. The lowest BCUT2D eigenvalue weighted by molar-refractivity contribution is 0.0531. The van der Waals surface area contributed by atoms with E-state index in [4.69, 9.17) is 9.84 Å². The zero-order chi connectivity index (χ0) is 9.52. The Labute approximate surface area is 77.7 Å². The third-order valence-corrected chi connectivity index (χ3v) is 1.91. The van der Waals surface area contributed by atoms with Crippen LogP contribution in [0, 0.1) is 0 Å². The summed E-state index contributed by atoms with van der Waals surface area (Å²) in [7, 11) is 0. The first-order valence-corrected chi connectivity index (χ1v) is 4.56. The van der Waals surface area contributed by atoms with Crippen LogP contribution in [-0.4, -0.2) is 55.5 Å². The highest BCUT2D eigenvalue weighted by atomic mass is 16.5. The van der Waals surface area contributed by atoms with E-state index in [1.54, 1.807) is 4.90 Å². The van der Waals surface area contributed by atoms with Crippen LogP contribution in [0.3, 0.4) is 0 Å². The van der Waals surface area contributed by atoms with Crippen molar-refractivity contribution in [1.29, 1.82) is 0 Å². The number of hydrogen-bond donors (Lipinski definition) is 2. The van der Waals surface area contributed by atoms with E-state index in [0.29, 0.717) is 39.3 Å². The molecule has 0 radical (unpaired) electrons. The highest BCUT2D eigenvalue weighted by Crippen LogP contribution is 1.96. The molecular weight excluding hydrogens is 172 g/mol. The zero-order valence-corrected chi connectivity index (χ0v) is 7.66. The molecule has 0 aromatic rings. The van der Waals surface area contributed by atoms with Crippen molar-refractivity contribution in [2.24, 2.45) is 0 Å². The fourth-order valence-electron chi connectivity index (χ4n) is 1.15. The van der Waals surface area contributed by atoms with Crippen molar-refractivity contribution in [2.45, 2.75) is 6.42 Å². The monoisotopic (exact) mass is 188 g/mol. The number of nitrogens with one attached hydrogen (secondary N) is 1. The van der Waals surface area contributed by atoms with Gasteiger partial charge in [0.05, 0.1) is 13.2 Å². The second-order valence-corrected chi connectivity index (χ2v) is 2.91. The van der Waals surface area contributed by atoms with E-state index >= 15 is 0 Å². The molecule has 0 unspecified atom stereocenters. The molecule has 1 heterocycles. The first-order valence-electron chi connectivity index (χ1n) is 4.56. The average molecular weight is 188 g/mol. The summed E-state index contributed by atoms with van der Waals surface area (Å²) in [6, 6.07) is -0.0586. The predicted octanol–water partition coefficient (Wildman–Crippen LogP) is -0.589. The molecule has 5 nitrogen and oxygen atoms in total. The van der Waals surface area contributed by atoms with E-state index in [9.17, 15) is 4.79 Å². The number of rotatable bonds is 3. The Kier molecular flexibility index (Phi) is 4.56. The standard InChI is InChI=1S/C8H16N2O3/c11-5-1-2-9-8(12)10-3-6-13-7-4-10/h11H,1-7H2,(H,9,12). The van der Waals surface area contributed by atoms with Crippen LogP contribution >= 0.6 is 0 Å². The van der Waals surface area contributed by atoms with E-state index in [2.05, 4.69) is 5.32 Å². The second kappa shape index (κ2) is 5.77. The molecule has 0 atom stereocenters. The number of morpholine rings is 1. The van der Waals surface area contributed by atoms with Crippen LogP contribution in [0.1, 0.15) is 6.42 Å². The van der Waals surface area contributed by atoms with Gasteiger partial charge in [-0.05, 0) is 6.42 Å². The number of ether oxygens (including phenoxy) is 1. The van der Waals surface area contributed by atoms with Gasteiger partial charge in [0, 0.05) is 26.2 Å². The minimum absolute atomic E-state index is 0.0586. The van der Waals surface area contributed by atoms with Gasteiger partial charge < -0.3 is 20.1 Å². The predicted molar refractivity (Wildman–Crippen MR) is 47.5 cm³/mol. The van der Waals surface area contributed by atoms with Gasteiger partial charge in [0.25, 0.3) is 0 Å². The van der Waals surface area contributed by atoms with E-state index in [1.165, 1.54) is 0 Å². The molecule has 0 aliphatic carbocycles. The van der Waals surface area contributed by atoms with Gasteiger partial charge in [-0.3, -0.25) is 0 Å². The van der Waals surface area contributed by atoms with Crippen molar-refractivity contribution >= 4 is 6.03 Å². The van der Waals surface area contributed by atoms with Crippen molar-refractivity contribution in [3.63, 3.8) is 0 Å². The maximum Gasteiger partial charge on any atom is 0.317 e. The normalized spacial score (nSPS) is 17.2. The molecule has 1 saturated heterocycles. The van der Waals surface area contributed by atoms with Gasteiger partial charge in [0.1, 0.15) is 0 Å². The summed E-state index contributed by atoms with van der Waals surface area (Å²) >= 11 is 0. The molecule has 1 fully saturated rings. The lowest BCUT2D eigenvalue weighted by Gasteiger charge is -2.26. The van der Waals surface area contributed by atoms with Gasteiger partial charge >= 0.3 is 6.03 Å². The first-order chi connectivity index (χ1) is 6.34.